The van der Waals surface area contributed by atoms with Crippen molar-refractivity contribution in [3.05, 3.63) is 40.6 Å². The van der Waals surface area contributed by atoms with E-state index in [0.717, 1.165) is 27.2 Å². The minimum Gasteiger partial charge on any atom is -0.495 e. The molecule has 0 bridgehead atoms. The van der Waals surface area contributed by atoms with E-state index in [9.17, 15) is 0 Å². The Morgan fingerprint density at radius 3 is 2.78 bits per heavy atom. The summed E-state index contributed by atoms with van der Waals surface area (Å²) in [5.74, 6) is 0.767. The highest BCUT2D eigenvalue weighted by Gasteiger charge is 2.08. The molecule has 4 nitrogen and oxygen atoms in total. The van der Waals surface area contributed by atoms with Crippen LogP contribution in [0.5, 0.6) is 5.75 Å². The molecule has 5 heteroatoms. The van der Waals surface area contributed by atoms with Crippen LogP contribution in [0, 0.1) is 6.92 Å². The molecule has 2 rings (SSSR count). The second kappa shape index (κ2) is 5.27. The van der Waals surface area contributed by atoms with Crippen molar-refractivity contribution in [3.8, 4) is 5.75 Å². The predicted octanol–water partition coefficient (Wildman–Crippen LogP) is 3.49. The largest absolute Gasteiger partial charge is 0.495 e. The summed E-state index contributed by atoms with van der Waals surface area (Å²) >= 11 is 3.42. The fourth-order valence-electron chi connectivity index (χ4n) is 1.64. The van der Waals surface area contributed by atoms with Crippen LogP contribution in [0.25, 0.3) is 0 Å². The molecule has 0 aliphatic rings. The van der Waals surface area contributed by atoms with E-state index in [4.69, 9.17) is 10.5 Å². The Kier molecular flexibility index (Phi) is 3.72. The summed E-state index contributed by atoms with van der Waals surface area (Å²) in [7, 11) is 1.64. The lowest BCUT2D eigenvalue weighted by Crippen LogP contribution is -2.00. The van der Waals surface area contributed by atoms with Crippen LogP contribution < -0.4 is 15.8 Å². The van der Waals surface area contributed by atoms with Crippen molar-refractivity contribution >= 4 is 33.0 Å². The zero-order valence-corrected chi connectivity index (χ0v) is 11.8. The number of aryl methyl sites for hydroxylation is 1. The number of anilines is 3. The van der Waals surface area contributed by atoms with Crippen LogP contribution in [0.4, 0.5) is 17.1 Å². The number of ether oxygens (including phenoxy) is 1. The van der Waals surface area contributed by atoms with Gasteiger partial charge < -0.3 is 15.8 Å². The SMILES string of the molecule is COc1ccc(C)cc1Nc1c(N)cncc1Br. The third kappa shape index (κ3) is 2.56. The van der Waals surface area contributed by atoms with Crippen molar-refractivity contribution in [1.29, 1.82) is 0 Å². The van der Waals surface area contributed by atoms with E-state index in [0.29, 0.717) is 5.69 Å². The molecule has 3 N–H and O–H groups in total. The second-order valence-electron chi connectivity index (χ2n) is 3.91. The number of nitrogens with zero attached hydrogens (tertiary/aromatic N) is 1. The van der Waals surface area contributed by atoms with Gasteiger partial charge in [-0.3, -0.25) is 4.98 Å². The second-order valence-corrected chi connectivity index (χ2v) is 4.77. The normalized spacial score (nSPS) is 10.2. The van der Waals surface area contributed by atoms with Gasteiger partial charge in [0.25, 0.3) is 0 Å². The maximum absolute atomic E-state index is 5.90. The molecule has 2 aromatic rings. The summed E-state index contributed by atoms with van der Waals surface area (Å²) in [5.41, 5.74) is 9.28. The number of benzene rings is 1. The van der Waals surface area contributed by atoms with Gasteiger partial charge >= 0.3 is 0 Å². The molecule has 0 amide bonds. The van der Waals surface area contributed by atoms with Crippen LogP contribution in [0.2, 0.25) is 0 Å². The monoisotopic (exact) mass is 307 g/mol. The lowest BCUT2D eigenvalue weighted by molar-refractivity contribution is 0.416. The number of nitrogens with two attached hydrogens (primary N) is 1. The van der Waals surface area contributed by atoms with Crippen LogP contribution in [-0.2, 0) is 0 Å². The molecule has 0 fully saturated rings. The van der Waals surface area contributed by atoms with Crippen LogP contribution in [0.3, 0.4) is 0 Å². The Balaban J connectivity index is 2.42. The Bertz CT molecular complexity index is 552. The molecule has 1 heterocycles. The van der Waals surface area contributed by atoms with Crippen molar-refractivity contribution < 1.29 is 4.74 Å². The maximum Gasteiger partial charge on any atom is 0.142 e. The first-order chi connectivity index (χ1) is 8.61. The lowest BCUT2D eigenvalue weighted by Gasteiger charge is -2.14. The molecular formula is C13H14BrN3O. The van der Waals surface area contributed by atoms with Gasteiger partial charge in [-0.1, -0.05) is 6.07 Å². The number of methoxy groups -OCH3 is 1. The summed E-state index contributed by atoms with van der Waals surface area (Å²) < 4.78 is 6.13. The van der Waals surface area contributed by atoms with E-state index in [1.807, 2.05) is 25.1 Å². The molecular weight excluding hydrogens is 294 g/mol. The molecule has 0 spiro atoms. The van der Waals surface area contributed by atoms with Gasteiger partial charge in [-0.2, -0.15) is 0 Å². The number of aromatic nitrogens is 1. The van der Waals surface area contributed by atoms with Crippen molar-refractivity contribution in [3.63, 3.8) is 0 Å². The predicted molar refractivity (Wildman–Crippen MR) is 77.4 cm³/mol. The number of nitrogen functional groups attached to an aromatic ring is 1. The summed E-state index contributed by atoms with van der Waals surface area (Å²) in [6.45, 7) is 2.02. The number of rotatable bonds is 3. The first kappa shape index (κ1) is 12.7. The third-order valence-corrected chi connectivity index (χ3v) is 3.14. The zero-order valence-electron chi connectivity index (χ0n) is 10.2. The van der Waals surface area contributed by atoms with Gasteiger partial charge in [0.15, 0.2) is 0 Å². The highest BCUT2D eigenvalue weighted by Crippen LogP contribution is 2.34. The molecule has 0 aliphatic heterocycles. The Hall–Kier alpha value is -1.75. The fraction of sp³-hybridized carbons (Fsp3) is 0.154. The smallest absolute Gasteiger partial charge is 0.142 e. The van der Waals surface area contributed by atoms with E-state index in [1.165, 1.54) is 0 Å². The molecule has 0 radical (unpaired) electrons. The van der Waals surface area contributed by atoms with Gasteiger partial charge in [-0.25, -0.2) is 0 Å². The van der Waals surface area contributed by atoms with Crippen molar-refractivity contribution in [2.75, 3.05) is 18.2 Å². The van der Waals surface area contributed by atoms with Gasteiger partial charge in [-0.05, 0) is 40.5 Å². The van der Waals surface area contributed by atoms with E-state index in [2.05, 4.69) is 26.2 Å². The van der Waals surface area contributed by atoms with Gasteiger partial charge in [0.2, 0.25) is 0 Å². The minimum atomic E-state index is 0.577. The highest BCUT2D eigenvalue weighted by atomic mass is 79.9. The molecule has 1 aromatic carbocycles. The average Bonchev–Trinajstić information content (AvgIpc) is 2.34. The first-order valence-electron chi connectivity index (χ1n) is 5.42. The van der Waals surface area contributed by atoms with Gasteiger partial charge in [0.05, 0.1) is 34.8 Å². The molecule has 18 heavy (non-hydrogen) atoms. The molecule has 0 aliphatic carbocycles. The topological polar surface area (TPSA) is 60.2 Å². The summed E-state index contributed by atoms with van der Waals surface area (Å²) in [6, 6.07) is 5.92. The van der Waals surface area contributed by atoms with E-state index < -0.39 is 0 Å². The molecule has 0 saturated carbocycles. The quantitative estimate of drug-likeness (QED) is 0.911. The van der Waals surface area contributed by atoms with Crippen molar-refractivity contribution in [1.82, 2.24) is 4.98 Å². The van der Waals surface area contributed by atoms with Gasteiger partial charge in [0.1, 0.15) is 5.75 Å². The number of nitrogens with one attached hydrogen (secondary N) is 1. The molecule has 0 atom stereocenters. The first-order valence-corrected chi connectivity index (χ1v) is 6.21. The summed E-state index contributed by atoms with van der Waals surface area (Å²) in [4.78, 5) is 4.00. The van der Waals surface area contributed by atoms with E-state index in [1.54, 1.807) is 19.5 Å². The number of halogens is 1. The Morgan fingerprint density at radius 2 is 2.11 bits per heavy atom. The average molecular weight is 308 g/mol. The number of pyridine rings is 1. The van der Waals surface area contributed by atoms with Crippen LogP contribution in [0.15, 0.2) is 35.1 Å². The third-order valence-electron chi connectivity index (χ3n) is 2.54. The van der Waals surface area contributed by atoms with E-state index in [-0.39, 0.29) is 0 Å². The van der Waals surface area contributed by atoms with E-state index >= 15 is 0 Å². The number of hydrogen-bond acceptors (Lipinski definition) is 4. The van der Waals surface area contributed by atoms with Crippen molar-refractivity contribution in [2.45, 2.75) is 6.92 Å². The molecule has 94 valence electrons. The minimum absolute atomic E-state index is 0.577. The summed E-state index contributed by atoms with van der Waals surface area (Å²) in [5, 5.41) is 3.26. The van der Waals surface area contributed by atoms with Gasteiger partial charge in [0, 0.05) is 6.20 Å². The summed E-state index contributed by atoms with van der Waals surface area (Å²) in [6.07, 6.45) is 3.30. The molecule has 0 unspecified atom stereocenters. The van der Waals surface area contributed by atoms with Crippen LogP contribution >= 0.6 is 15.9 Å². The molecule has 0 saturated heterocycles. The molecule has 1 aromatic heterocycles. The fourth-order valence-corrected chi connectivity index (χ4v) is 2.08. The Morgan fingerprint density at radius 1 is 1.33 bits per heavy atom. The van der Waals surface area contributed by atoms with Crippen LogP contribution in [-0.4, -0.2) is 12.1 Å². The lowest BCUT2D eigenvalue weighted by atomic mass is 10.2. The zero-order chi connectivity index (χ0) is 13.1. The maximum atomic E-state index is 5.90. The van der Waals surface area contributed by atoms with Crippen molar-refractivity contribution in [2.24, 2.45) is 0 Å². The number of hydrogen-bond donors (Lipinski definition) is 2. The standard InChI is InChI=1S/C13H14BrN3O/c1-8-3-4-12(18-2)11(5-8)17-13-9(14)6-16-7-10(13)15/h3-7H,15H2,1-2H3,(H,16,17). The Labute approximate surface area is 114 Å². The highest BCUT2D eigenvalue weighted by molar-refractivity contribution is 9.10. The van der Waals surface area contributed by atoms with Gasteiger partial charge in [-0.15, -0.1) is 0 Å². The van der Waals surface area contributed by atoms with Crippen LogP contribution in [0.1, 0.15) is 5.56 Å².